The van der Waals surface area contributed by atoms with Crippen molar-refractivity contribution in [2.45, 2.75) is 51.6 Å². The van der Waals surface area contributed by atoms with Gasteiger partial charge in [0.25, 0.3) is 0 Å². The zero-order chi connectivity index (χ0) is 14.4. The summed E-state index contributed by atoms with van der Waals surface area (Å²) < 4.78 is 1.75. The summed E-state index contributed by atoms with van der Waals surface area (Å²) >= 11 is 1.39. The number of rotatable bonds is 7. The van der Waals surface area contributed by atoms with Crippen molar-refractivity contribution in [3.8, 4) is 0 Å². The zero-order valence-electron chi connectivity index (χ0n) is 12.3. The summed E-state index contributed by atoms with van der Waals surface area (Å²) in [6, 6.07) is 0. The quantitative estimate of drug-likeness (QED) is 0.770. The number of hydrogen-bond donors (Lipinski definition) is 1. The molecule has 0 fully saturated rings. The highest BCUT2D eigenvalue weighted by Gasteiger charge is 2.18. The van der Waals surface area contributed by atoms with Gasteiger partial charge in [0.15, 0.2) is 0 Å². The van der Waals surface area contributed by atoms with E-state index in [1.54, 1.807) is 4.68 Å². The van der Waals surface area contributed by atoms with Crippen LogP contribution in [0, 0.1) is 11.8 Å². The molecule has 19 heavy (non-hydrogen) atoms. The highest BCUT2D eigenvalue weighted by Crippen LogP contribution is 2.20. The maximum atomic E-state index is 11.9. The van der Waals surface area contributed by atoms with E-state index in [-0.39, 0.29) is 11.2 Å². The Morgan fingerprint density at radius 1 is 1.26 bits per heavy atom. The summed E-state index contributed by atoms with van der Waals surface area (Å²) in [5.41, 5.74) is 0. The van der Waals surface area contributed by atoms with Gasteiger partial charge >= 0.3 is 0 Å². The molecule has 0 aliphatic carbocycles. The number of thioether (sulfide) groups is 1. The standard InChI is InChI=1S/C12H23N5OS/c1-8(2)6-13-11(18)10(5)19-12-14-15-16-17(12)7-9(3)4/h8-10H,6-7H2,1-5H3,(H,13,18). The number of amides is 1. The second kappa shape index (κ2) is 7.47. The first kappa shape index (κ1) is 15.9. The number of carbonyl (C=O) groups excluding carboxylic acids is 1. The smallest absolute Gasteiger partial charge is 0.233 e. The van der Waals surface area contributed by atoms with E-state index in [0.717, 1.165) is 6.54 Å². The Morgan fingerprint density at radius 3 is 2.53 bits per heavy atom. The third-order valence-electron chi connectivity index (χ3n) is 2.37. The van der Waals surface area contributed by atoms with Crippen molar-refractivity contribution >= 4 is 17.7 Å². The van der Waals surface area contributed by atoms with Crippen LogP contribution in [0.3, 0.4) is 0 Å². The van der Waals surface area contributed by atoms with E-state index in [1.165, 1.54) is 11.8 Å². The van der Waals surface area contributed by atoms with Crippen LogP contribution in [0.5, 0.6) is 0 Å². The van der Waals surface area contributed by atoms with E-state index in [4.69, 9.17) is 0 Å². The molecule has 1 amide bonds. The highest BCUT2D eigenvalue weighted by molar-refractivity contribution is 8.00. The molecule has 0 radical (unpaired) electrons. The molecule has 1 N–H and O–H groups in total. The van der Waals surface area contributed by atoms with Gasteiger partial charge in [0.1, 0.15) is 0 Å². The molecule has 0 bridgehead atoms. The van der Waals surface area contributed by atoms with Gasteiger partial charge in [0.2, 0.25) is 11.1 Å². The van der Waals surface area contributed by atoms with Crippen LogP contribution < -0.4 is 5.32 Å². The third kappa shape index (κ3) is 5.59. The van der Waals surface area contributed by atoms with Gasteiger partial charge in [-0.2, -0.15) is 0 Å². The maximum Gasteiger partial charge on any atom is 0.233 e. The van der Waals surface area contributed by atoms with Crippen molar-refractivity contribution in [2.75, 3.05) is 6.54 Å². The number of nitrogens with one attached hydrogen (secondary N) is 1. The molecule has 0 saturated carbocycles. The monoisotopic (exact) mass is 285 g/mol. The Labute approximate surface area is 118 Å². The van der Waals surface area contributed by atoms with Crippen LogP contribution in [0.4, 0.5) is 0 Å². The van der Waals surface area contributed by atoms with Crippen LogP contribution in [0.2, 0.25) is 0 Å². The Bertz CT molecular complexity index is 405. The molecule has 1 rings (SSSR count). The Kier molecular flexibility index (Phi) is 6.27. The third-order valence-corrected chi connectivity index (χ3v) is 3.44. The molecule has 1 aromatic heterocycles. The molecule has 0 aliphatic rings. The maximum absolute atomic E-state index is 11.9. The first-order valence-corrected chi connectivity index (χ1v) is 7.48. The second-order valence-corrected chi connectivity index (χ2v) is 6.74. The SMILES string of the molecule is CC(C)CNC(=O)C(C)Sc1nnnn1CC(C)C. The molecule has 7 heteroatoms. The zero-order valence-corrected chi connectivity index (χ0v) is 13.1. The molecule has 0 aliphatic heterocycles. The molecule has 1 heterocycles. The minimum absolute atomic E-state index is 0.0257. The van der Waals surface area contributed by atoms with Crippen molar-refractivity contribution in [3.63, 3.8) is 0 Å². The van der Waals surface area contributed by atoms with Crippen LogP contribution in [0.25, 0.3) is 0 Å². The lowest BCUT2D eigenvalue weighted by atomic mass is 10.2. The first-order valence-electron chi connectivity index (χ1n) is 6.60. The van der Waals surface area contributed by atoms with Crippen molar-refractivity contribution in [1.82, 2.24) is 25.5 Å². The van der Waals surface area contributed by atoms with E-state index in [2.05, 4.69) is 48.5 Å². The molecule has 0 spiro atoms. The van der Waals surface area contributed by atoms with Crippen LogP contribution in [-0.4, -0.2) is 37.9 Å². The molecule has 0 aromatic carbocycles. The summed E-state index contributed by atoms with van der Waals surface area (Å²) in [4.78, 5) is 11.9. The summed E-state index contributed by atoms with van der Waals surface area (Å²) in [5, 5.41) is 15.0. The van der Waals surface area contributed by atoms with Crippen molar-refractivity contribution in [1.29, 1.82) is 0 Å². The molecule has 1 atom stereocenters. The number of hydrogen-bond acceptors (Lipinski definition) is 5. The lowest BCUT2D eigenvalue weighted by molar-refractivity contribution is -0.120. The van der Waals surface area contributed by atoms with Crippen LogP contribution >= 0.6 is 11.8 Å². The fourth-order valence-corrected chi connectivity index (χ4v) is 2.22. The molecular formula is C12H23N5OS. The molecule has 6 nitrogen and oxygen atoms in total. The van der Waals surface area contributed by atoms with E-state index >= 15 is 0 Å². The van der Waals surface area contributed by atoms with E-state index in [9.17, 15) is 4.79 Å². The number of nitrogens with zero attached hydrogens (tertiary/aromatic N) is 4. The van der Waals surface area contributed by atoms with E-state index in [1.807, 2.05) is 6.92 Å². The number of tetrazole rings is 1. The van der Waals surface area contributed by atoms with Crippen molar-refractivity contribution in [2.24, 2.45) is 11.8 Å². The summed E-state index contributed by atoms with van der Waals surface area (Å²) in [6.07, 6.45) is 0. The van der Waals surface area contributed by atoms with Crippen LogP contribution in [-0.2, 0) is 11.3 Å². The van der Waals surface area contributed by atoms with E-state index < -0.39 is 0 Å². The average molecular weight is 285 g/mol. The fourth-order valence-electron chi connectivity index (χ4n) is 1.40. The molecule has 108 valence electrons. The van der Waals surface area contributed by atoms with Gasteiger partial charge in [-0.05, 0) is 29.2 Å². The van der Waals surface area contributed by atoms with Gasteiger partial charge in [0.05, 0.1) is 5.25 Å². The summed E-state index contributed by atoms with van der Waals surface area (Å²) in [6.45, 7) is 11.7. The number of carbonyl (C=O) groups is 1. The van der Waals surface area contributed by atoms with Gasteiger partial charge in [-0.15, -0.1) is 5.10 Å². The van der Waals surface area contributed by atoms with Gasteiger partial charge in [-0.1, -0.05) is 39.5 Å². The summed E-state index contributed by atoms with van der Waals surface area (Å²) in [7, 11) is 0. The molecule has 1 aromatic rings. The van der Waals surface area contributed by atoms with E-state index in [0.29, 0.717) is 23.5 Å². The molecule has 0 saturated heterocycles. The van der Waals surface area contributed by atoms with Crippen LogP contribution in [0.15, 0.2) is 5.16 Å². The highest BCUT2D eigenvalue weighted by atomic mass is 32.2. The molecule has 1 unspecified atom stereocenters. The number of aromatic nitrogens is 4. The Hall–Kier alpha value is -1.11. The van der Waals surface area contributed by atoms with Gasteiger partial charge in [-0.3, -0.25) is 4.79 Å². The minimum Gasteiger partial charge on any atom is -0.355 e. The fraction of sp³-hybridized carbons (Fsp3) is 0.833. The van der Waals surface area contributed by atoms with Gasteiger partial charge < -0.3 is 5.32 Å². The largest absolute Gasteiger partial charge is 0.355 e. The topological polar surface area (TPSA) is 72.7 Å². The normalized spacial score (nSPS) is 13.0. The second-order valence-electron chi connectivity index (χ2n) is 5.44. The minimum atomic E-state index is -0.198. The average Bonchev–Trinajstić information content (AvgIpc) is 2.72. The lowest BCUT2D eigenvalue weighted by Gasteiger charge is -2.13. The molecular weight excluding hydrogens is 262 g/mol. The Morgan fingerprint density at radius 2 is 1.95 bits per heavy atom. The van der Waals surface area contributed by atoms with Crippen molar-refractivity contribution in [3.05, 3.63) is 0 Å². The van der Waals surface area contributed by atoms with Crippen LogP contribution in [0.1, 0.15) is 34.6 Å². The summed E-state index contributed by atoms with van der Waals surface area (Å²) in [5.74, 6) is 0.943. The Balaban J connectivity index is 2.54. The van der Waals surface area contributed by atoms with Gasteiger partial charge in [0, 0.05) is 13.1 Å². The lowest BCUT2D eigenvalue weighted by Crippen LogP contribution is -2.33. The first-order chi connectivity index (χ1) is 8.90. The predicted octanol–water partition coefficient (Wildman–Crippen LogP) is 1.58. The van der Waals surface area contributed by atoms with Crippen molar-refractivity contribution < 1.29 is 4.79 Å². The van der Waals surface area contributed by atoms with Gasteiger partial charge in [-0.25, -0.2) is 4.68 Å². The predicted molar refractivity (Wildman–Crippen MR) is 75.8 cm³/mol.